The van der Waals surface area contributed by atoms with Gasteiger partial charge in [-0.3, -0.25) is 14.5 Å². The Morgan fingerprint density at radius 1 is 1.29 bits per heavy atom. The standard InChI is InChI=1S/C19H26N6O2.HI/c1-20-19(25-10-7-15(13-25)16-11-23-24(2)12-16)22-9-8-21-18(27)14-3-5-17(26)6-4-14;/h3-6,11-12,15,26H,7-10,13H2,1-2H3,(H,20,22)(H,21,27);1H. The lowest BCUT2D eigenvalue weighted by Crippen LogP contribution is -2.43. The van der Waals surface area contributed by atoms with Crippen molar-refractivity contribution in [3.8, 4) is 5.75 Å². The maximum absolute atomic E-state index is 12.1. The SMILES string of the molecule is CN=C(NCCNC(=O)c1ccc(O)cc1)N1CCC(c2cnn(C)c2)C1.I. The molecule has 0 saturated carbocycles. The topological polar surface area (TPSA) is 94.8 Å². The highest BCUT2D eigenvalue weighted by Crippen LogP contribution is 2.26. The minimum atomic E-state index is -0.162. The van der Waals surface area contributed by atoms with E-state index in [0.717, 1.165) is 25.5 Å². The van der Waals surface area contributed by atoms with Crippen molar-refractivity contribution in [1.29, 1.82) is 0 Å². The molecule has 152 valence electrons. The molecule has 1 saturated heterocycles. The molecule has 3 rings (SSSR count). The second-order valence-corrected chi connectivity index (χ2v) is 6.66. The first-order valence-corrected chi connectivity index (χ1v) is 9.08. The van der Waals surface area contributed by atoms with E-state index in [-0.39, 0.29) is 35.6 Å². The summed E-state index contributed by atoms with van der Waals surface area (Å²) >= 11 is 0. The zero-order valence-corrected chi connectivity index (χ0v) is 18.5. The molecule has 1 aromatic heterocycles. The van der Waals surface area contributed by atoms with Gasteiger partial charge in [0.2, 0.25) is 0 Å². The number of carbonyl (C=O) groups is 1. The lowest BCUT2D eigenvalue weighted by Gasteiger charge is -2.21. The number of carbonyl (C=O) groups excluding carboxylic acids is 1. The number of aromatic nitrogens is 2. The number of aryl methyl sites for hydroxylation is 1. The number of hydrogen-bond donors (Lipinski definition) is 3. The van der Waals surface area contributed by atoms with Crippen molar-refractivity contribution in [2.75, 3.05) is 33.2 Å². The van der Waals surface area contributed by atoms with Gasteiger partial charge in [-0.25, -0.2) is 0 Å². The Hall–Kier alpha value is -2.30. The molecule has 1 aliphatic rings. The number of phenols is 1. The van der Waals surface area contributed by atoms with Gasteiger partial charge in [-0.05, 0) is 36.2 Å². The van der Waals surface area contributed by atoms with Crippen LogP contribution in [0.15, 0.2) is 41.7 Å². The summed E-state index contributed by atoms with van der Waals surface area (Å²) in [7, 11) is 3.71. The molecule has 1 aliphatic heterocycles. The van der Waals surface area contributed by atoms with E-state index in [2.05, 4.69) is 31.8 Å². The molecule has 3 N–H and O–H groups in total. The zero-order valence-electron chi connectivity index (χ0n) is 16.1. The third kappa shape index (κ3) is 5.60. The summed E-state index contributed by atoms with van der Waals surface area (Å²) in [5.74, 6) is 1.29. The van der Waals surface area contributed by atoms with E-state index < -0.39 is 0 Å². The fraction of sp³-hybridized carbons (Fsp3) is 0.421. The molecule has 0 radical (unpaired) electrons. The van der Waals surface area contributed by atoms with E-state index in [1.807, 2.05) is 17.9 Å². The maximum atomic E-state index is 12.1. The molecule has 0 spiro atoms. The zero-order chi connectivity index (χ0) is 19.2. The van der Waals surface area contributed by atoms with Crippen molar-refractivity contribution >= 4 is 35.8 Å². The van der Waals surface area contributed by atoms with Crippen molar-refractivity contribution < 1.29 is 9.90 Å². The molecule has 28 heavy (non-hydrogen) atoms. The first-order chi connectivity index (χ1) is 13.1. The highest BCUT2D eigenvalue weighted by atomic mass is 127. The Morgan fingerprint density at radius 2 is 2.00 bits per heavy atom. The predicted molar refractivity (Wildman–Crippen MR) is 119 cm³/mol. The van der Waals surface area contributed by atoms with E-state index in [9.17, 15) is 9.90 Å². The van der Waals surface area contributed by atoms with Gasteiger partial charge in [0.1, 0.15) is 5.75 Å². The Morgan fingerprint density at radius 3 is 2.64 bits per heavy atom. The van der Waals surface area contributed by atoms with Crippen LogP contribution in [0.5, 0.6) is 5.75 Å². The minimum Gasteiger partial charge on any atom is -0.508 e. The molecule has 2 heterocycles. The van der Waals surface area contributed by atoms with Crippen LogP contribution in [0.25, 0.3) is 0 Å². The van der Waals surface area contributed by atoms with E-state index in [1.54, 1.807) is 19.2 Å². The van der Waals surface area contributed by atoms with Crippen LogP contribution in [0.4, 0.5) is 0 Å². The number of aromatic hydroxyl groups is 1. The average molecular weight is 498 g/mol. The maximum Gasteiger partial charge on any atom is 0.251 e. The van der Waals surface area contributed by atoms with Crippen LogP contribution in [0.1, 0.15) is 28.3 Å². The molecule has 1 unspecified atom stereocenters. The molecule has 1 aromatic carbocycles. The number of hydrogen-bond acceptors (Lipinski definition) is 4. The molecule has 1 amide bonds. The summed E-state index contributed by atoms with van der Waals surface area (Å²) in [5.41, 5.74) is 1.78. The summed E-state index contributed by atoms with van der Waals surface area (Å²) in [4.78, 5) is 18.7. The van der Waals surface area contributed by atoms with Gasteiger partial charge in [0.15, 0.2) is 5.96 Å². The van der Waals surface area contributed by atoms with Crippen molar-refractivity contribution in [2.24, 2.45) is 12.0 Å². The summed E-state index contributed by atoms with van der Waals surface area (Å²) in [6.07, 6.45) is 5.08. The lowest BCUT2D eigenvalue weighted by molar-refractivity contribution is 0.0954. The molecule has 2 aromatic rings. The van der Waals surface area contributed by atoms with Crippen LogP contribution in [0, 0.1) is 0 Å². The number of benzene rings is 1. The van der Waals surface area contributed by atoms with E-state index in [1.165, 1.54) is 17.7 Å². The number of guanidine groups is 1. The normalized spacial score (nSPS) is 16.6. The van der Waals surface area contributed by atoms with Gasteiger partial charge >= 0.3 is 0 Å². The third-order valence-electron chi connectivity index (χ3n) is 4.72. The largest absolute Gasteiger partial charge is 0.508 e. The number of aliphatic imine (C=N–C) groups is 1. The predicted octanol–water partition coefficient (Wildman–Crippen LogP) is 1.54. The highest BCUT2D eigenvalue weighted by Gasteiger charge is 2.26. The van der Waals surface area contributed by atoms with Crippen LogP contribution < -0.4 is 10.6 Å². The van der Waals surface area contributed by atoms with E-state index in [0.29, 0.717) is 24.6 Å². The summed E-state index contributed by atoms with van der Waals surface area (Å²) < 4.78 is 1.84. The smallest absolute Gasteiger partial charge is 0.251 e. The monoisotopic (exact) mass is 498 g/mol. The van der Waals surface area contributed by atoms with Crippen LogP contribution in [-0.2, 0) is 7.05 Å². The van der Waals surface area contributed by atoms with Gasteiger partial charge in [0, 0.05) is 58.0 Å². The van der Waals surface area contributed by atoms with Gasteiger partial charge in [-0.2, -0.15) is 5.10 Å². The summed E-state index contributed by atoms with van der Waals surface area (Å²) in [6, 6.07) is 6.20. The molecule has 0 aliphatic carbocycles. The summed E-state index contributed by atoms with van der Waals surface area (Å²) in [6.45, 7) is 2.92. The van der Waals surface area contributed by atoms with Crippen molar-refractivity contribution in [3.05, 3.63) is 47.8 Å². The van der Waals surface area contributed by atoms with Gasteiger partial charge < -0.3 is 20.6 Å². The number of nitrogens with one attached hydrogen (secondary N) is 2. The van der Waals surface area contributed by atoms with Crippen LogP contribution in [0.2, 0.25) is 0 Å². The van der Waals surface area contributed by atoms with Gasteiger partial charge in [-0.1, -0.05) is 0 Å². The molecule has 1 atom stereocenters. The Bertz CT molecular complexity index is 805. The third-order valence-corrected chi connectivity index (χ3v) is 4.72. The lowest BCUT2D eigenvalue weighted by atomic mass is 10.0. The highest BCUT2D eigenvalue weighted by molar-refractivity contribution is 14.0. The molecule has 0 bridgehead atoms. The van der Waals surface area contributed by atoms with Crippen molar-refractivity contribution in [3.63, 3.8) is 0 Å². The van der Waals surface area contributed by atoms with Crippen molar-refractivity contribution in [1.82, 2.24) is 25.3 Å². The summed E-state index contributed by atoms with van der Waals surface area (Å²) in [5, 5.41) is 19.7. The Labute approximate surface area is 182 Å². The molecule has 9 heteroatoms. The fourth-order valence-corrected chi connectivity index (χ4v) is 3.27. The Balaban J connectivity index is 0.00000280. The molecule has 1 fully saturated rings. The second kappa shape index (κ2) is 10.3. The van der Waals surface area contributed by atoms with Crippen molar-refractivity contribution in [2.45, 2.75) is 12.3 Å². The quantitative estimate of drug-likeness (QED) is 0.252. The number of nitrogens with zero attached hydrogens (tertiary/aromatic N) is 4. The minimum absolute atomic E-state index is 0. The van der Waals surface area contributed by atoms with Crippen LogP contribution in [0.3, 0.4) is 0 Å². The first kappa shape index (κ1) is 22.0. The number of amides is 1. The van der Waals surface area contributed by atoms with Crippen LogP contribution >= 0.6 is 24.0 Å². The number of rotatable bonds is 5. The van der Waals surface area contributed by atoms with Crippen LogP contribution in [-0.4, -0.2) is 64.9 Å². The second-order valence-electron chi connectivity index (χ2n) is 6.66. The Kier molecular flexibility index (Phi) is 8.09. The molecule has 8 nitrogen and oxygen atoms in total. The van der Waals surface area contributed by atoms with Gasteiger partial charge in [0.05, 0.1) is 6.20 Å². The molecular formula is C19H27IN6O2. The number of likely N-dealkylation sites (tertiary alicyclic amines) is 1. The van der Waals surface area contributed by atoms with E-state index in [4.69, 9.17) is 0 Å². The average Bonchev–Trinajstić information content (AvgIpc) is 3.31. The number of halogens is 1. The first-order valence-electron chi connectivity index (χ1n) is 9.08. The molecular weight excluding hydrogens is 471 g/mol. The fourth-order valence-electron chi connectivity index (χ4n) is 3.27. The van der Waals surface area contributed by atoms with Gasteiger partial charge in [0.25, 0.3) is 5.91 Å². The van der Waals surface area contributed by atoms with Gasteiger partial charge in [-0.15, -0.1) is 24.0 Å². The van der Waals surface area contributed by atoms with E-state index >= 15 is 0 Å². The number of phenolic OH excluding ortho intramolecular Hbond substituents is 1.